The van der Waals surface area contributed by atoms with E-state index in [0.717, 1.165) is 5.69 Å². The summed E-state index contributed by atoms with van der Waals surface area (Å²) in [6.07, 6.45) is 10.8. The third-order valence-corrected chi connectivity index (χ3v) is 3.95. The van der Waals surface area contributed by atoms with Crippen molar-refractivity contribution in [2.75, 3.05) is 0 Å². The lowest BCUT2D eigenvalue weighted by atomic mass is 10.3. The largest absolute Gasteiger partial charge is 0.328 e. The van der Waals surface area contributed by atoms with Crippen LogP contribution < -0.4 is 5.69 Å². The third-order valence-electron chi connectivity index (χ3n) is 3.95. The molecular formula is C14H20N4O. The first kappa shape index (κ1) is 12.3. The van der Waals surface area contributed by atoms with Gasteiger partial charge in [0.25, 0.3) is 0 Å². The molecule has 0 unspecified atom stereocenters. The quantitative estimate of drug-likeness (QED) is 0.844. The SMILES string of the molecule is CCn1ccn(Cc2ccn(C3CCCC3)n2)c1=O. The van der Waals surface area contributed by atoms with Crippen molar-refractivity contribution in [3.05, 3.63) is 40.8 Å². The minimum Gasteiger partial charge on any atom is -0.300 e. The van der Waals surface area contributed by atoms with Gasteiger partial charge in [-0.25, -0.2) is 4.79 Å². The van der Waals surface area contributed by atoms with Gasteiger partial charge in [-0.2, -0.15) is 5.10 Å². The molecule has 2 aromatic heterocycles. The van der Waals surface area contributed by atoms with Crippen LogP contribution in [0.3, 0.4) is 0 Å². The van der Waals surface area contributed by atoms with Gasteiger partial charge in [0.2, 0.25) is 0 Å². The molecule has 0 spiro atoms. The highest BCUT2D eigenvalue weighted by molar-refractivity contribution is 5.02. The van der Waals surface area contributed by atoms with Gasteiger partial charge >= 0.3 is 5.69 Å². The van der Waals surface area contributed by atoms with Gasteiger partial charge in [-0.1, -0.05) is 12.8 Å². The van der Waals surface area contributed by atoms with E-state index in [-0.39, 0.29) is 5.69 Å². The summed E-state index contributed by atoms with van der Waals surface area (Å²) in [6, 6.07) is 2.58. The molecule has 0 N–H and O–H groups in total. The van der Waals surface area contributed by atoms with Crippen molar-refractivity contribution >= 4 is 0 Å². The molecule has 0 saturated heterocycles. The van der Waals surface area contributed by atoms with Crippen LogP contribution in [-0.4, -0.2) is 18.9 Å². The van der Waals surface area contributed by atoms with Crippen LogP contribution in [0.25, 0.3) is 0 Å². The fourth-order valence-corrected chi connectivity index (χ4v) is 2.82. The zero-order chi connectivity index (χ0) is 13.2. The molecule has 5 heteroatoms. The van der Waals surface area contributed by atoms with E-state index in [2.05, 4.69) is 9.78 Å². The van der Waals surface area contributed by atoms with E-state index >= 15 is 0 Å². The van der Waals surface area contributed by atoms with Crippen molar-refractivity contribution < 1.29 is 0 Å². The molecule has 0 aliphatic heterocycles. The van der Waals surface area contributed by atoms with Crippen LogP contribution in [0, 0.1) is 0 Å². The summed E-state index contributed by atoms with van der Waals surface area (Å²) in [5, 5.41) is 4.61. The fourth-order valence-electron chi connectivity index (χ4n) is 2.82. The van der Waals surface area contributed by atoms with Gasteiger partial charge in [0, 0.05) is 25.1 Å². The Bertz CT molecular complexity index is 601. The molecule has 3 rings (SSSR count). The van der Waals surface area contributed by atoms with Crippen molar-refractivity contribution in [1.29, 1.82) is 0 Å². The molecule has 19 heavy (non-hydrogen) atoms. The smallest absolute Gasteiger partial charge is 0.300 e. The predicted molar refractivity (Wildman–Crippen MR) is 73.2 cm³/mol. The lowest BCUT2D eigenvalue weighted by Crippen LogP contribution is -2.24. The molecule has 0 radical (unpaired) electrons. The molecule has 2 aromatic rings. The Hall–Kier alpha value is -1.78. The predicted octanol–water partition coefficient (Wildman–Crippen LogP) is 2.03. The van der Waals surface area contributed by atoms with Crippen molar-refractivity contribution in [2.45, 2.75) is 51.7 Å². The molecule has 1 aliphatic carbocycles. The summed E-state index contributed by atoms with van der Waals surface area (Å²) < 4.78 is 5.49. The molecule has 0 amide bonds. The highest BCUT2D eigenvalue weighted by Crippen LogP contribution is 2.28. The molecule has 1 aliphatic rings. The minimum atomic E-state index is 0.0397. The normalized spacial score (nSPS) is 16.3. The number of imidazole rings is 1. The fraction of sp³-hybridized carbons (Fsp3) is 0.571. The number of hydrogen-bond acceptors (Lipinski definition) is 2. The number of aryl methyl sites for hydroxylation is 1. The van der Waals surface area contributed by atoms with E-state index in [1.165, 1.54) is 25.7 Å². The molecular weight excluding hydrogens is 240 g/mol. The van der Waals surface area contributed by atoms with Crippen molar-refractivity contribution in [3.63, 3.8) is 0 Å². The maximum absolute atomic E-state index is 12.0. The molecule has 1 fully saturated rings. The average molecular weight is 260 g/mol. The molecule has 0 atom stereocenters. The van der Waals surface area contributed by atoms with Crippen LogP contribution in [-0.2, 0) is 13.1 Å². The van der Waals surface area contributed by atoms with Gasteiger partial charge in [-0.15, -0.1) is 0 Å². The first-order valence-corrected chi connectivity index (χ1v) is 7.07. The molecule has 0 aromatic carbocycles. The third kappa shape index (κ3) is 2.37. The van der Waals surface area contributed by atoms with Gasteiger partial charge in [-0.3, -0.25) is 13.8 Å². The Morgan fingerprint density at radius 2 is 1.95 bits per heavy atom. The van der Waals surface area contributed by atoms with E-state index in [1.807, 2.05) is 31.6 Å². The second-order valence-electron chi connectivity index (χ2n) is 5.22. The van der Waals surface area contributed by atoms with Crippen molar-refractivity contribution in [1.82, 2.24) is 18.9 Å². The van der Waals surface area contributed by atoms with Gasteiger partial charge < -0.3 is 0 Å². The van der Waals surface area contributed by atoms with Gasteiger partial charge in [-0.05, 0) is 25.8 Å². The molecule has 2 heterocycles. The Morgan fingerprint density at radius 3 is 2.63 bits per heavy atom. The van der Waals surface area contributed by atoms with E-state index in [0.29, 0.717) is 19.1 Å². The molecule has 0 bridgehead atoms. The maximum Gasteiger partial charge on any atom is 0.328 e. The van der Waals surface area contributed by atoms with Crippen LogP contribution in [0.15, 0.2) is 29.5 Å². The zero-order valence-corrected chi connectivity index (χ0v) is 11.3. The van der Waals surface area contributed by atoms with Crippen molar-refractivity contribution in [2.24, 2.45) is 0 Å². The maximum atomic E-state index is 12.0. The van der Waals surface area contributed by atoms with Gasteiger partial charge in [0.1, 0.15) is 0 Å². The number of rotatable bonds is 4. The standard InChI is InChI=1S/C14H20N4O/c1-2-16-9-10-17(14(16)19)11-12-7-8-18(15-12)13-5-3-4-6-13/h7-10,13H,2-6,11H2,1H3. The van der Waals surface area contributed by atoms with Crippen LogP contribution in [0.2, 0.25) is 0 Å². The lowest BCUT2D eigenvalue weighted by molar-refractivity contribution is 0.461. The summed E-state index contributed by atoms with van der Waals surface area (Å²) in [7, 11) is 0. The van der Waals surface area contributed by atoms with Crippen LogP contribution in [0.5, 0.6) is 0 Å². The Labute approximate surface area is 112 Å². The Balaban J connectivity index is 1.76. The number of nitrogens with zero attached hydrogens (tertiary/aromatic N) is 4. The second kappa shape index (κ2) is 5.07. The summed E-state index contributed by atoms with van der Waals surface area (Å²) in [5.41, 5.74) is 1.00. The van der Waals surface area contributed by atoms with Crippen LogP contribution in [0.4, 0.5) is 0 Å². The highest BCUT2D eigenvalue weighted by atomic mass is 16.1. The molecule has 5 nitrogen and oxygen atoms in total. The average Bonchev–Trinajstić information content (AvgIpc) is 3.12. The van der Waals surface area contributed by atoms with Gasteiger partial charge in [0.05, 0.1) is 18.3 Å². The first-order chi connectivity index (χ1) is 9.28. The lowest BCUT2D eigenvalue weighted by Gasteiger charge is -2.08. The Kier molecular flexibility index (Phi) is 3.27. The molecule has 1 saturated carbocycles. The van der Waals surface area contributed by atoms with Crippen LogP contribution >= 0.6 is 0 Å². The van der Waals surface area contributed by atoms with Crippen LogP contribution in [0.1, 0.15) is 44.3 Å². The summed E-state index contributed by atoms with van der Waals surface area (Å²) in [5.74, 6) is 0. The number of aromatic nitrogens is 4. The van der Waals surface area contributed by atoms with Gasteiger partial charge in [0.15, 0.2) is 0 Å². The van der Waals surface area contributed by atoms with E-state index in [4.69, 9.17) is 0 Å². The van der Waals surface area contributed by atoms with E-state index in [1.54, 1.807) is 9.13 Å². The summed E-state index contributed by atoms with van der Waals surface area (Å²) in [6.45, 7) is 3.24. The van der Waals surface area contributed by atoms with E-state index in [9.17, 15) is 4.79 Å². The highest BCUT2D eigenvalue weighted by Gasteiger charge is 2.17. The monoisotopic (exact) mass is 260 g/mol. The summed E-state index contributed by atoms with van der Waals surface area (Å²) >= 11 is 0. The Morgan fingerprint density at radius 1 is 1.21 bits per heavy atom. The topological polar surface area (TPSA) is 44.8 Å². The first-order valence-electron chi connectivity index (χ1n) is 7.07. The van der Waals surface area contributed by atoms with Crippen molar-refractivity contribution in [3.8, 4) is 0 Å². The minimum absolute atomic E-state index is 0.0397. The zero-order valence-electron chi connectivity index (χ0n) is 11.3. The summed E-state index contributed by atoms with van der Waals surface area (Å²) in [4.78, 5) is 12.0. The van der Waals surface area contributed by atoms with E-state index < -0.39 is 0 Å². The number of hydrogen-bond donors (Lipinski definition) is 0. The molecule has 102 valence electrons. The second-order valence-corrected chi connectivity index (χ2v) is 5.22.